The molecule has 0 bridgehead atoms. The minimum Gasteiger partial charge on any atom is -0.494 e. The van der Waals surface area contributed by atoms with Crippen LogP contribution in [-0.2, 0) is 9.47 Å². The van der Waals surface area contributed by atoms with Crippen molar-refractivity contribution in [2.24, 2.45) is 5.92 Å². The smallest absolute Gasteiger partial charge is 0.257 e. The fourth-order valence-corrected chi connectivity index (χ4v) is 4.53. The van der Waals surface area contributed by atoms with Gasteiger partial charge in [0.25, 0.3) is 5.91 Å². The molecule has 27 heavy (non-hydrogen) atoms. The van der Waals surface area contributed by atoms with E-state index >= 15 is 0 Å². The number of pyridine rings is 1. The number of rotatable bonds is 3. The van der Waals surface area contributed by atoms with Crippen molar-refractivity contribution in [2.75, 3.05) is 53.1 Å². The molecule has 0 aliphatic carbocycles. The number of likely N-dealkylation sites (tertiary alicyclic amines) is 1. The molecule has 2 atom stereocenters. The van der Waals surface area contributed by atoms with E-state index in [0.29, 0.717) is 29.8 Å². The fourth-order valence-electron chi connectivity index (χ4n) is 4.53. The molecular weight excluding hydrogens is 346 g/mol. The Bertz CT molecular complexity index is 650. The number of carbonyl (C=O) groups excluding carboxylic acids is 1. The lowest BCUT2D eigenvalue weighted by molar-refractivity contribution is -0.0174. The maximum absolute atomic E-state index is 13.0. The summed E-state index contributed by atoms with van der Waals surface area (Å²) < 4.78 is 17.0. The Morgan fingerprint density at radius 1 is 1.19 bits per heavy atom. The second-order valence-electron chi connectivity index (χ2n) is 7.62. The molecule has 3 fully saturated rings. The highest BCUT2D eigenvalue weighted by molar-refractivity contribution is 5.96. The first-order valence-electron chi connectivity index (χ1n) is 9.97. The Labute approximate surface area is 160 Å². The fraction of sp³-hybridized carbons (Fsp3) is 0.700. The van der Waals surface area contributed by atoms with E-state index in [-0.39, 0.29) is 12.0 Å². The van der Waals surface area contributed by atoms with Crippen molar-refractivity contribution < 1.29 is 19.0 Å². The third-order valence-electron chi connectivity index (χ3n) is 6.10. The van der Waals surface area contributed by atoms with Gasteiger partial charge in [0.05, 0.1) is 31.6 Å². The summed E-state index contributed by atoms with van der Waals surface area (Å²) in [6.07, 6.45) is 6.54. The number of carbonyl (C=O) groups is 1. The van der Waals surface area contributed by atoms with Gasteiger partial charge in [0.15, 0.2) is 0 Å². The molecule has 2 unspecified atom stereocenters. The molecule has 1 amide bonds. The quantitative estimate of drug-likeness (QED) is 0.796. The Kier molecular flexibility index (Phi) is 5.90. The number of nitrogens with zero attached hydrogens (tertiary/aromatic N) is 3. The highest BCUT2D eigenvalue weighted by Gasteiger charge is 2.37. The molecule has 0 aromatic carbocycles. The third kappa shape index (κ3) is 4.10. The highest BCUT2D eigenvalue weighted by Crippen LogP contribution is 2.28. The van der Waals surface area contributed by atoms with Crippen LogP contribution in [0.5, 0.6) is 5.75 Å². The number of hydrogen-bond acceptors (Lipinski definition) is 6. The predicted molar refractivity (Wildman–Crippen MR) is 100.0 cm³/mol. The molecule has 0 radical (unpaired) electrons. The zero-order chi connectivity index (χ0) is 18.6. The van der Waals surface area contributed by atoms with Gasteiger partial charge < -0.3 is 19.1 Å². The average molecular weight is 375 g/mol. The molecule has 0 saturated carbocycles. The summed E-state index contributed by atoms with van der Waals surface area (Å²) in [7, 11) is 1.57. The zero-order valence-electron chi connectivity index (χ0n) is 16.0. The minimum atomic E-state index is 0.00170. The van der Waals surface area contributed by atoms with Crippen LogP contribution >= 0.6 is 0 Å². The van der Waals surface area contributed by atoms with Crippen LogP contribution in [0.15, 0.2) is 18.5 Å². The van der Waals surface area contributed by atoms with Gasteiger partial charge in [-0.25, -0.2) is 0 Å². The van der Waals surface area contributed by atoms with E-state index in [0.717, 1.165) is 58.7 Å². The Balaban J connectivity index is 1.40. The Morgan fingerprint density at radius 2 is 2.04 bits per heavy atom. The van der Waals surface area contributed by atoms with Crippen LogP contribution in [-0.4, -0.2) is 85.9 Å². The zero-order valence-corrected chi connectivity index (χ0v) is 16.0. The predicted octanol–water partition coefficient (Wildman–Crippen LogP) is 1.43. The molecule has 3 aliphatic heterocycles. The van der Waals surface area contributed by atoms with Crippen molar-refractivity contribution in [1.82, 2.24) is 14.8 Å². The van der Waals surface area contributed by atoms with Crippen LogP contribution in [0.25, 0.3) is 0 Å². The van der Waals surface area contributed by atoms with Gasteiger partial charge in [-0.1, -0.05) is 0 Å². The highest BCUT2D eigenvalue weighted by atomic mass is 16.5. The summed E-state index contributed by atoms with van der Waals surface area (Å²) >= 11 is 0. The van der Waals surface area contributed by atoms with Crippen LogP contribution in [0.4, 0.5) is 0 Å². The van der Waals surface area contributed by atoms with Crippen molar-refractivity contribution in [3.8, 4) is 5.75 Å². The molecule has 0 N–H and O–H groups in total. The van der Waals surface area contributed by atoms with Gasteiger partial charge in [-0.3, -0.25) is 14.7 Å². The molecule has 3 aliphatic rings. The van der Waals surface area contributed by atoms with Crippen molar-refractivity contribution in [3.63, 3.8) is 0 Å². The second-order valence-corrected chi connectivity index (χ2v) is 7.62. The number of hydrogen-bond donors (Lipinski definition) is 0. The maximum atomic E-state index is 13.0. The second kappa shape index (κ2) is 8.54. The first-order valence-corrected chi connectivity index (χ1v) is 9.97. The monoisotopic (exact) mass is 375 g/mol. The third-order valence-corrected chi connectivity index (χ3v) is 6.10. The normalized spacial score (nSPS) is 27.7. The van der Waals surface area contributed by atoms with Gasteiger partial charge in [-0.2, -0.15) is 0 Å². The lowest BCUT2D eigenvalue weighted by atomic mass is 9.92. The van der Waals surface area contributed by atoms with E-state index < -0.39 is 0 Å². The number of fused-ring (bicyclic) bond motifs is 1. The molecule has 4 rings (SSSR count). The summed E-state index contributed by atoms with van der Waals surface area (Å²) in [5.41, 5.74) is 0.573. The SMILES string of the molecule is COc1cnccc1C(=O)N1CCC2CN(C3CCOCC3)CCOC2C1. The van der Waals surface area contributed by atoms with Crippen molar-refractivity contribution in [1.29, 1.82) is 0 Å². The van der Waals surface area contributed by atoms with Crippen LogP contribution in [0.2, 0.25) is 0 Å². The van der Waals surface area contributed by atoms with Gasteiger partial charge in [0.1, 0.15) is 5.75 Å². The molecule has 148 valence electrons. The van der Waals surface area contributed by atoms with Crippen LogP contribution < -0.4 is 4.74 Å². The van der Waals surface area contributed by atoms with Crippen LogP contribution in [0.3, 0.4) is 0 Å². The standard InChI is InChI=1S/C20H29N3O4/c1-25-18-12-21-6-2-17(18)20(24)23-7-3-15-13-22(8-11-27-19(15)14-23)16-4-9-26-10-5-16/h2,6,12,15-16,19H,3-5,7-11,13-14H2,1H3. The number of ether oxygens (including phenoxy) is 3. The van der Waals surface area contributed by atoms with E-state index in [1.165, 1.54) is 0 Å². The maximum Gasteiger partial charge on any atom is 0.257 e. The first kappa shape index (κ1) is 18.7. The number of piperidine rings is 1. The van der Waals surface area contributed by atoms with Gasteiger partial charge in [0.2, 0.25) is 0 Å². The van der Waals surface area contributed by atoms with E-state index in [9.17, 15) is 4.79 Å². The minimum absolute atomic E-state index is 0.00170. The van der Waals surface area contributed by atoms with Crippen LogP contribution in [0, 0.1) is 5.92 Å². The summed E-state index contributed by atoms with van der Waals surface area (Å²) in [4.78, 5) is 21.5. The van der Waals surface area contributed by atoms with E-state index in [4.69, 9.17) is 14.2 Å². The summed E-state index contributed by atoms with van der Waals surface area (Å²) in [6.45, 7) is 5.92. The molecule has 3 saturated heterocycles. The number of methoxy groups -OCH3 is 1. The van der Waals surface area contributed by atoms with Gasteiger partial charge >= 0.3 is 0 Å². The van der Waals surface area contributed by atoms with Crippen LogP contribution in [0.1, 0.15) is 29.6 Å². The molecule has 1 aromatic heterocycles. The summed E-state index contributed by atoms with van der Waals surface area (Å²) in [5.74, 6) is 1.01. The molecule has 7 nitrogen and oxygen atoms in total. The first-order chi connectivity index (χ1) is 13.3. The molecule has 1 aromatic rings. The van der Waals surface area contributed by atoms with Gasteiger partial charge in [0, 0.05) is 57.5 Å². The van der Waals surface area contributed by atoms with E-state index in [2.05, 4.69) is 9.88 Å². The number of amides is 1. The van der Waals surface area contributed by atoms with Gasteiger partial charge in [-0.15, -0.1) is 0 Å². The lowest BCUT2D eigenvalue weighted by Crippen LogP contribution is -2.50. The Morgan fingerprint density at radius 3 is 2.85 bits per heavy atom. The van der Waals surface area contributed by atoms with E-state index in [1.54, 1.807) is 25.6 Å². The topological polar surface area (TPSA) is 64.1 Å². The molecular formula is C20H29N3O4. The summed E-state index contributed by atoms with van der Waals surface area (Å²) in [5, 5.41) is 0. The lowest BCUT2D eigenvalue weighted by Gasteiger charge is -2.39. The number of aromatic nitrogens is 1. The molecule has 0 spiro atoms. The average Bonchev–Trinajstić information content (AvgIpc) is 2.95. The Hall–Kier alpha value is -1.70. The summed E-state index contributed by atoms with van der Waals surface area (Å²) in [6, 6.07) is 2.34. The molecule has 7 heteroatoms. The largest absolute Gasteiger partial charge is 0.494 e. The molecule has 4 heterocycles. The van der Waals surface area contributed by atoms with Crippen molar-refractivity contribution in [3.05, 3.63) is 24.0 Å². The van der Waals surface area contributed by atoms with E-state index in [1.807, 2.05) is 4.90 Å². The van der Waals surface area contributed by atoms with Crippen molar-refractivity contribution in [2.45, 2.75) is 31.4 Å². The van der Waals surface area contributed by atoms with Gasteiger partial charge in [-0.05, 0) is 25.3 Å². The van der Waals surface area contributed by atoms with Crippen molar-refractivity contribution >= 4 is 5.91 Å².